The molecule has 0 aliphatic carbocycles. The molecule has 0 fully saturated rings. The molecule has 0 rings (SSSR count). The summed E-state index contributed by atoms with van der Waals surface area (Å²) in [6, 6.07) is 0. The van der Waals surface area contributed by atoms with Gasteiger partial charge in [-0.2, -0.15) is 5.10 Å². The summed E-state index contributed by atoms with van der Waals surface area (Å²) in [5.41, 5.74) is 7.74. The van der Waals surface area contributed by atoms with Crippen molar-refractivity contribution in [2.45, 2.75) is 13.8 Å². The number of hydrogen-bond acceptors (Lipinski definition) is 2. The minimum absolute atomic E-state index is 0.624. The molecule has 3 heteroatoms. The number of hydrogen-bond donors (Lipinski definition) is 2. The molecule has 0 aromatic carbocycles. The van der Waals surface area contributed by atoms with Crippen LogP contribution in [0.3, 0.4) is 0 Å². The third-order valence-electron chi connectivity index (χ3n) is 0.665. The smallest absolute Gasteiger partial charge is 0.106 e. The maximum Gasteiger partial charge on any atom is 0.106 e. The molecule has 8 heavy (non-hydrogen) atoms. The molecule has 3 nitrogen and oxygen atoms in total. The first-order chi connectivity index (χ1) is 3.77. The fourth-order valence-corrected chi connectivity index (χ4v) is 0.288. The predicted octanol–water partition coefficient (Wildman–Crippen LogP) is 0.134. The van der Waals surface area contributed by atoms with Crippen LogP contribution in [0.1, 0.15) is 13.8 Å². The molecule has 3 N–H and O–H groups in total. The van der Waals surface area contributed by atoms with E-state index in [4.69, 9.17) is 5.73 Å². The van der Waals surface area contributed by atoms with Crippen LogP contribution in [0.25, 0.3) is 0 Å². The van der Waals surface area contributed by atoms with Crippen molar-refractivity contribution in [2.24, 2.45) is 16.8 Å². The van der Waals surface area contributed by atoms with E-state index in [1.165, 1.54) is 6.34 Å². The lowest BCUT2D eigenvalue weighted by atomic mass is 10.2. The van der Waals surface area contributed by atoms with Crippen molar-refractivity contribution in [3.05, 3.63) is 0 Å². The van der Waals surface area contributed by atoms with Gasteiger partial charge in [0, 0.05) is 6.54 Å². The fourth-order valence-electron chi connectivity index (χ4n) is 0.288. The van der Waals surface area contributed by atoms with Gasteiger partial charge in [-0.1, -0.05) is 13.8 Å². The molecule has 0 saturated heterocycles. The van der Waals surface area contributed by atoms with E-state index in [9.17, 15) is 0 Å². The largest absolute Gasteiger partial charge is 0.388 e. The standard InChI is InChI=1S/C5H13N3/c1-5(2)3-7-8-4-6/h4-5,7H,3H2,1-2H3,(H2,6,8). The van der Waals surface area contributed by atoms with Gasteiger partial charge < -0.3 is 11.2 Å². The molecule has 0 aliphatic rings. The van der Waals surface area contributed by atoms with Gasteiger partial charge in [0.15, 0.2) is 0 Å². The molecule has 0 aromatic rings. The van der Waals surface area contributed by atoms with Crippen molar-refractivity contribution in [1.82, 2.24) is 5.43 Å². The molecule has 0 bridgehead atoms. The van der Waals surface area contributed by atoms with Gasteiger partial charge in [-0.25, -0.2) is 0 Å². The molecule has 0 heterocycles. The number of nitrogens with two attached hydrogens (primary N) is 1. The van der Waals surface area contributed by atoms with E-state index in [1.807, 2.05) is 0 Å². The Morgan fingerprint density at radius 1 is 1.75 bits per heavy atom. The van der Waals surface area contributed by atoms with Crippen molar-refractivity contribution < 1.29 is 0 Å². The van der Waals surface area contributed by atoms with Crippen LogP contribution in [-0.2, 0) is 0 Å². The lowest BCUT2D eigenvalue weighted by molar-refractivity contribution is 0.571. The molecular weight excluding hydrogens is 102 g/mol. The SMILES string of the molecule is CC(C)CN/N=C/N. The van der Waals surface area contributed by atoms with Crippen LogP contribution in [0, 0.1) is 5.92 Å². The van der Waals surface area contributed by atoms with Gasteiger partial charge in [0.2, 0.25) is 0 Å². The predicted molar refractivity (Wildman–Crippen MR) is 35.5 cm³/mol. The lowest BCUT2D eigenvalue weighted by Crippen LogP contribution is -2.14. The van der Waals surface area contributed by atoms with Crippen LogP contribution < -0.4 is 11.2 Å². The van der Waals surface area contributed by atoms with Crippen LogP contribution in [0.5, 0.6) is 0 Å². The highest BCUT2D eigenvalue weighted by Gasteiger charge is 1.86. The highest BCUT2D eigenvalue weighted by Crippen LogP contribution is 1.85. The zero-order valence-electron chi connectivity index (χ0n) is 5.39. The molecule has 0 aliphatic heterocycles. The monoisotopic (exact) mass is 115 g/mol. The summed E-state index contributed by atoms with van der Waals surface area (Å²) in [5, 5.41) is 3.61. The lowest BCUT2D eigenvalue weighted by Gasteiger charge is -2.00. The maximum atomic E-state index is 4.96. The average molecular weight is 115 g/mol. The zero-order valence-corrected chi connectivity index (χ0v) is 5.39. The van der Waals surface area contributed by atoms with Crippen molar-refractivity contribution in [3.8, 4) is 0 Å². The van der Waals surface area contributed by atoms with Crippen molar-refractivity contribution in [3.63, 3.8) is 0 Å². The van der Waals surface area contributed by atoms with Gasteiger partial charge in [-0.05, 0) is 5.92 Å². The second kappa shape index (κ2) is 4.43. The van der Waals surface area contributed by atoms with Crippen LogP contribution >= 0.6 is 0 Å². The number of nitrogens with zero attached hydrogens (tertiary/aromatic N) is 1. The number of hydrazone groups is 1. The summed E-state index contributed by atoms with van der Waals surface area (Å²) in [7, 11) is 0. The topological polar surface area (TPSA) is 50.4 Å². The Morgan fingerprint density at radius 3 is 2.75 bits per heavy atom. The van der Waals surface area contributed by atoms with E-state index >= 15 is 0 Å². The Morgan fingerprint density at radius 2 is 2.38 bits per heavy atom. The zero-order chi connectivity index (χ0) is 6.41. The molecule has 0 unspecified atom stereocenters. The quantitative estimate of drug-likeness (QED) is 0.312. The summed E-state index contributed by atoms with van der Waals surface area (Å²) < 4.78 is 0. The van der Waals surface area contributed by atoms with Gasteiger partial charge in [0.1, 0.15) is 6.34 Å². The normalized spacial score (nSPS) is 10.9. The molecule has 0 saturated carbocycles. The van der Waals surface area contributed by atoms with Gasteiger partial charge >= 0.3 is 0 Å². The van der Waals surface area contributed by atoms with E-state index in [2.05, 4.69) is 24.4 Å². The van der Waals surface area contributed by atoms with Crippen molar-refractivity contribution in [2.75, 3.05) is 6.54 Å². The molecular formula is C5H13N3. The highest BCUT2D eigenvalue weighted by molar-refractivity contribution is 5.50. The van der Waals surface area contributed by atoms with Crippen LogP contribution in [0.15, 0.2) is 5.10 Å². The first-order valence-corrected chi connectivity index (χ1v) is 2.73. The van der Waals surface area contributed by atoms with E-state index < -0.39 is 0 Å². The van der Waals surface area contributed by atoms with E-state index in [0.717, 1.165) is 6.54 Å². The summed E-state index contributed by atoms with van der Waals surface area (Å²) in [4.78, 5) is 0. The average Bonchev–Trinajstić information content (AvgIpc) is 1.66. The van der Waals surface area contributed by atoms with Gasteiger partial charge in [0.25, 0.3) is 0 Å². The van der Waals surface area contributed by atoms with E-state index in [-0.39, 0.29) is 0 Å². The number of nitrogens with one attached hydrogen (secondary N) is 1. The number of rotatable bonds is 3. The molecule has 0 aromatic heterocycles. The minimum atomic E-state index is 0.624. The first-order valence-electron chi connectivity index (χ1n) is 2.73. The Balaban J connectivity index is 2.93. The Kier molecular flexibility index (Phi) is 4.03. The third kappa shape index (κ3) is 5.27. The Hall–Kier alpha value is -0.730. The van der Waals surface area contributed by atoms with Crippen LogP contribution in [-0.4, -0.2) is 12.9 Å². The summed E-state index contributed by atoms with van der Waals surface area (Å²) in [5.74, 6) is 0.624. The Labute approximate surface area is 50.0 Å². The van der Waals surface area contributed by atoms with Crippen LogP contribution in [0.4, 0.5) is 0 Å². The van der Waals surface area contributed by atoms with Gasteiger partial charge in [-0.3, -0.25) is 0 Å². The summed E-state index contributed by atoms with van der Waals surface area (Å²) in [6.45, 7) is 5.10. The van der Waals surface area contributed by atoms with E-state index in [0.29, 0.717) is 5.92 Å². The molecule has 48 valence electrons. The van der Waals surface area contributed by atoms with Gasteiger partial charge in [0.05, 0.1) is 0 Å². The second-order valence-electron chi connectivity index (χ2n) is 2.03. The first kappa shape index (κ1) is 7.27. The van der Waals surface area contributed by atoms with Crippen molar-refractivity contribution >= 4 is 6.34 Å². The third-order valence-corrected chi connectivity index (χ3v) is 0.665. The highest BCUT2D eigenvalue weighted by atomic mass is 15.3. The van der Waals surface area contributed by atoms with E-state index in [1.54, 1.807) is 0 Å². The van der Waals surface area contributed by atoms with Crippen LogP contribution in [0.2, 0.25) is 0 Å². The molecule has 0 atom stereocenters. The maximum absolute atomic E-state index is 4.96. The molecule has 0 amide bonds. The molecule has 0 radical (unpaired) electrons. The summed E-state index contributed by atoms with van der Waals surface area (Å²) in [6.07, 6.45) is 1.25. The Bertz CT molecular complexity index is 68.1. The summed E-state index contributed by atoms with van der Waals surface area (Å²) >= 11 is 0. The minimum Gasteiger partial charge on any atom is -0.388 e. The van der Waals surface area contributed by atoms with Crippen molar-refractivity contribution in [1.29, 1.82) is 0 Å². The van der Waals surface area contributed by atoms with Gasteiger partial charge in [-0.15, -0.1) is 0 Å². The second-order valence-corrected chi connectivity index (χ2v) is 2.03. The fraction of sp³-hybridized carbons (Fsp3) is 0.800. The molecule has 0 spiro atoms.